The van der Waals surface area contributed by atoms with E-state index in [1.807, 2.05) is 36.2 Å². The SMILES string of the molecule is CN1C(=C2SC(=S)N(c3ccc(C(=O)O)cc3)C2=O)Oc2ccccc21. The number of aromatic carboxylic acids is 1. The van der Waals surface area contributed by atoms with E-state index in [4.69, 9.17) is 22.1 Å². The van der Waals surface area contributed by atoms with Crippen LogP contribution < -0.4 is 14.5 Å². The number of carboxylic acids is 1. The van der Waals surface area contributed by atoms with Crippen LogP contribution in [0.5, 0.6) is 5.75 Å². The van der Waals surface area contributed by atoms with E-state index < -0.39 is 5.97 Å². The fourth-order valence-corrected chi connectivity index (χ4v) is 4.11. The van der Waals surface area contributed by atoms with Crippen molar-refractivity contribution in [2.45, 2.75) is 0 Å². The molecular formula is C18H12N2O4S2. The summed E-state index contributed by atoms with van der Waals surface area (Å²) in [5.41, 5.74) is 1.54. The van der Waals surface area contributed by atoms with Gasteiger partial charge < -0.3 is 14.7 Å². The van der Waals surface area contributed by atoms with E-state index in [0.29, 0.717) is 26.5 Å². The van der Waals surface area contributed by atoms with E-state index in [2.05, 4.69) is 0 Å². The van der Waals surface area contributed by atoms with Crippen LogP contribution in [0.1, 0.15) is 10.4 Å². The average Bonchev–Trinajstić information content (AvgIpc) is 3.12. The molecule has 6 nitrogen and oxygen atoms in total. The van der Waals surface area contributed by atoms with Gasteiger partial charge in [0, 0.05) is 7.05 Å². The van der Waals surface area contributed by atoms with Crippen LogP contribution in [0.25, 0.3) is 0 Å². The molecule has 2 aromatic rings. The zero-order valence-electron chi connectivity index (χ0n) is 13.5. The van der Waals surface area contributed by atoms with Crippen LogP contribution in [0.15, 0.2) is 59.3 Å². The first-order chi connectivity index (χ1) is 12.5. The van der Waals surface area contributed by atoms with Gasteiger partial charge in [0.05, 0.1) is 16.9 Å². The van der Waals surface area contributed by atoms with Crippen molar-refractivity contribution in [2.24, 2.45) is 0 Å². The fourth-order valence-electron chi connectivity index (χ4n) is 2.77. The predicted octanol–water partition coefficient (Wildman–Crippen LogP) is 3.45. The number of carbonyl (C=O) groups excluding carboxylic acids is 1. The second-order valence-corrected chi connectivity index (χ2v) is 7.27. The van der Waals surface area contributed by atoms with Gasteiger partial charge in [0.2, 0.25) is 5.88 Å². The Bertz CT molecular complexity index is 985. The van der Waals surface area contributed by atoms with Crippen molar-refractivity contribution in [2.75, 3.05) is 16.8 Å². The maximum absolute atomic E-state index is 13.0. The molecule has 0 atom stereocenters. The van der Waals surface area contributed by atoms with Gasteiger partial charge in [-0.3, -0.25) is 9.69 Å². The first kappa shape index (κ1) is 16.6. The van der Waals surface area contributed by atoms with Gasteiger partial charge in [-0.1, -0.05) is 24.4 Å². The van der Waals surface area contributed by atoms with E-state index in [1.165, 1.54) is 17.0 Å². The summed E-state index contributed by atoms with van der Waals surface area (Å²) in [7, 11) is 1.83. The maximum Gasteiger partial charge on any atom is 0.335 e. The monoisotopic (exact) mass is 384 g/mol. The number of fused-ring (bicyclic) bond motifs is 1. The quantitative estimate of drug-likeness (QED) is 0.628. The molecule has 26 heavy (non-hydrogen) atoms. The van der Waals surface area contributed by atoms with Gasteiger partial charge in [-0.25, -0.2) is 4.79 Å². The van der Waals surface area contributed by atoms with Crippen LogP contribution in [0.3, 0.4) is 0 Å². The average molecular weight is 384 g/mol. The van der Waals surface area contributed by atoms with Crippen LogP contribution in [0, 0.1) is 0 Å². The molecule has 2 aromatic carbocycles. The minimum absolute atomic E-state index is 0.145. The number of carboxylic acid groups (broad SMARTS) is 1. The molecule has 0 spiro atoms. The van der Waals surface area contributed by atoms with E-state index in [0.717, 1.165) is 17.4 Å². The van der Waals surface area contributed by atoms with Gasteiger partial charge in [-0.15, -0.1) is 0 Å². The first-order valence-electron chi connectivity index (χ1n) is 7.62. The van der Waals surface area contributed by atoms with Crippen molar-refractivity contribution in [3.63, 3.8) is 0 Å². The summed E-state index contributed by atoms with van der Waals surface area (Å²) >= 11 is 6.53. The number of rotatable bonds is 2. The van der Waals surface area contributed by atoms with Crippen molar-refractivity contribution in [1.29, 1.82) is 0 Å². The fraction of sp³-hybridized carbons (Fsp3) is 0.0556. The number of anilines is 2. The summed E-state index contributed by atoms with van der Waals surface area (Å²) in [6.07, 6.45) is 0. The zero-order chi connectivity index (χ0) is 18.4. The van der Waals surface area contributed by atoms with Crippen molar-refractivity contribution in [3.8, 4) is 5.75 Å². The summed E-state index contributed by atoms with van der Waals surface area (Å²) in [5.74, 6) is -0.199. The Morgan fingerprint density at radius 1 is 1.15 bits per heavy atom. The lowest BCUT2D eigenvalue weighted by Crippen LogP contribution is -2.29. The summed E-state index contributed by atoms with van der Waals surface area (Å²) in [6.45, 7) is 0. The third-order valence-electron chi connectivity index (χ3n) is 4.07. The third kappa shape index (κ3) is 2.54. The van der Waals surface area contributed by atoms with E-state index in [-0.39, 0.29) is 11.5 Å². The Kier molecular flexibility index (Phi) is 3.93. The summed E-state index contributed by atoms with van der Waals surface area (Å²) in [4.78, 5) is 27.5. The van der Waals surface area contributed by atoms with E-state index >= 15 is 0 Å². The molecule has 2 aliphatic rings. The molecule has 1 amide bonds. The number of hydrogen-bond acceptors (Lipinski definition) is 6. The van der Waals surface area contributed by atoms with Crippen molar-refractivity contribution in [3.05, 3.63) is 64.9 Å². The van der Waals surface area contributed by atoms with Crippen LogP contribution in [0.2, 0.25) is 0 Å². The molecule has 4 rings (SSSR count). The zero-order valence-corrected chi connectivity index (χ0v) is 15.1. The topological polar surface area (TPSA) is 70.1 Å². The molecule has 0 aliphatic carbocycles. The summed E-state index contributed by atoms with van der Waals surface area (Å²) in [5, 5.41) is 9.01. The second-order valence-electron chi connectivity index (χ2n) is 5.62. The number of benzene rings is 2. The van der Waals surface area contributed by atoms with Crippen molar-refractivity contribution < 1.29 is 19.4 Å². The predicted molar refractivity (Wildman–Crippen MR) is 104 cm³/mol. The van der Waals surface area contributed by atoms with E-state index in [1.54, 1.807) is 12.1 Å². The Morgan fingerprint density at radius 2 is 1.85 bits per heavy atom. The molecule has 1 N–H and O–H groups in total. The summed E-state index contributed by atoms with van der Waals surface area (Å²) < 4.78 is 6.23. The molecule has 1 fully saturated rings. The van der Waals surface area contributed by atoms with Crippen molar-refractivity contribution >= 4 is 51.6 Å². The highest BCUT2D eigenvalue weighted by atomic mass is 32.2. The number of nitrogens with zero attached hydrogens (tertiary/aromatic N) is 2. The molecule has 8 heteroatoms. The van der Waals surface area contributed by atoms with Gasteiger partial charge in [0.25, 0.3) is 5.91 Å². The number of ether oxygens (including phenoxy) is 1. The Morgan fingerprint density at radius 3 is 2.50 bits per heavy atom. The second kappa shape index (κ2) is 6.15. The molecule has 0 aromatic heterocycles. The van der Waals surface area contributed by atoms with Gasteiger partial charge in [0.15, 0.2) is 10.1 Å². The largest absolute Gasteiger partial charge is 0.478 e. The molecule has 130 valence electrons. The number of para-hydroxylation sites is 2. The Balaban J connectivity index is 1.69. The maximum atomic E-state index is 13.0. The smallest absolute Gasteiger partial charge is 0.335 e. The standard InChI is InChI=1S/C18H12N2O4S2/c1-19-12-4-2-3-5-13(12)24-16(19)14-15(21)20(18(25)26-14)11-8-6-10(7-9-11)17(22)23/h2-9H,1H3,(H,22,23). The minimum atomic E-state index is -1.03. The highest BCUT2D eigenvalue weighted by Crippen LogP contribution is 2.44. The van der Waals surface area contributed by atoms with Crippen LogP contribution in [-0.4, -0.2) is 28.4 Å². The lowest BCUT2D eigenvalue weighted by atomic mass is 10.2. The molecule has 0 bridgehead atoms. The van der Waals surface area contributed by atoms with Gasteiger partial charge in [0.1, 0.15) is 4.91 Å². The van der Waals surface area contributed by atoms with Crippen LogP contribution in [0.4, 0.5) is 11.4 Å². The molecule has 2 heterocycles. The van der Waals surface area contributed by atoms with Crippen LogP contribution in [-0.2, 0) is 4.79 Å². The van der Waals surface area contributed by atoms with Gasteiger partial charge in [-0.2, -0.15) is 0 Å². The molecule has 0 saturated carbocycles. The number of carbonyl (C=O) groups is 2. The van der Waals surface area contributed by atoms with Gasteiger partial charge >= 0.3 is 5.97 Å². The number of hydrogen-bond donors (Lipinski definition) is 1. The van der Waals surface area contributed by atoms with E-state index in [9.17, 15) is 9.59 Å². The Hall–Kier alpha value is -2.84. The van der Waals surface area contributed by atoms with Crippen molar-refractivity contribution in [1.82, 2.24) is 0 Å². The molecule has 0 unspecified atom stereocenters. The van der Waals surface area contributed by atoms with Gasteiger partial charge in [-0.05, 0) is 48.2 Å². The highest BCUT2D eigenvalue weighted by Gasteiger charge is 2.40. The lowest BCUT2D eigenvalue weighted by molar-refractivity contribution is -0.113. The number of amides is 1. The third-order valence-corrected chi connectivity index (χ3v) is 5.42. The molecule has 1 saturated heterocycles. The molecular weight excluding hydrogens is 372 g/mol. The minimum Gasteiger partial charge on any atom is -0.478 e. The Labute approximate surface area is 158 Å². The molecule has 2 aliphatic heterocycles. The van der Waals surface area contributed by atoms with Crippen LogP contribution >= 0.6 is 24.0 Å². The number of thiocarbonyl (C=S) groups is 1. The first-order valence-corrected chi connectivity index (χ1v) is 8.84. The highest BCUT2D eigenvalue weighted by molar-refractivity contribution is 8.27. The lowest BCUT2D eigenvalue weighted by Gasteiger charge is -2.15. The molecule has 0 radical (unpaired) electrons. The normalized spacial score (nSPS) is 19.0. The number of thioether (sulfide) groups is 1. The summed E-state index contributed by atoms with van der Waals surface area (Å²) in [6, 6.07) is 13.5.